The van der Waals surface area contributed by atoms with E-state index in [0.29, 0.717) is 35.3 Å². The van der Waals surface area contributed by atoms with Gasteiger partial charge in [-0.25, -0.2) is 9.14 Å². The number of phosphoric ester groups is 1. The summed E-state index contributed by atoms with van der Waals surface area (Å²) in [6.07, 6.45) is 35.9. The summed E-state index contributed by atoms with van der Waals surface area (Å²) in [4.78, 5) is 53.2. The van der Waals surface area contributed by atoms with Crippen LogP contribution in [0.3, 0.4) is 0 Å². The van der Waals surface area contributed by atoms with E-state index in [1.165, 1.54) is 141 Å². The molecule has 466 valence electrons. The lowest BCUT2D eigenvalue weighted by molar-refractivity contribution is -0.161. The van der Waals surface area contributed by atoms with Crippen LogP contribution in [0.4, 0.5) is 5.69 Å². The second-order valence-corrected chi connectivity index (χ2v) is 24.2. The number of carbonyl (C=O) groups is 3. The Balaban J connectivity index is 1.29. The minimum absolute atomic E-state index is 0.109. The molecule has 0 radical (unpaired) electrons. The Morgan fingerprint density at radius 3 is 1.60 bits per heavy atom. The molecule has 13 nitrogen and oxygen atoms in total. The van der Waals surface area contributed by atoms with Crippen LogP contribution in [-0.2, 0) is 32.7 Å². The zero-order chi connectivity index (χ0) is 59.8. The predicted octanol–water partition coefficient (Wildman–Crippen LogP) is 17.7. The van der Waals surface area contributed by atoms with Gasteiger partial charge in [-0.15, -0.1) is 0 Å². The maximum atomic E-state index is 14.1. The van der Waals surface area contributed by atoms with E-state index in [2.05, 4.69) is 92.7 Å². The molecule has 83 heavy (non-hydrogen) atoms. The first-order chi connectivity index (χ1) is 40.5. The van der Waals surface area contributed by atoms with Crippen molar-refractivity contribution >= 4 is 42.3 Å². The van der Waals surface area contributed by atoms with E-state index in [1.807, 2.05) is 12.1 Å². The van der Waals surface area contributed by atoms with Gasteiger partial charge in [-0.3, -0.25) is 23.4 Å². The second-order valence-electron chi connectivity index (χ2n) is 22.8. The van der Waals surface area contributed by atoms with E-state index in [9.17, 15) is 23.8 Å². The van der Waals surface area contributed by atoms with Crippen molar-refractivity contribution < 1.29 is 46.8 Å². The van der Waals surface area contributed by atoms with Crippen molar-refractivity contribution in [2.24, 2.45) is 0 Å². The Bertz CT molecular complexity index is 2500. The fourth-order valence-corrected chi connectivity index (χ4v) is 11.9. The number of hydrogen-bond donors (Lipinski definition) is 2. The lowest BCUT2D eigenvalue weighted by Gasteiger charge is -2.22. The number of ether oxygens (including phenoxy) is 2. The number of nitrogens with one attached hydrogen (secondary N) is 1. The standard InChI is InChI=1S/C69H110N3O10P/c1-7-13-15-17-19-21-23-25-27-29-31-33-35-37-39-45-66(73)78-55-59(81-67(74)46-40-38-36-34-32-30-28-26-24-22-20-18-16-14-8-2)56-80-83(76,77)79-52-51-70-69(75)61-44-42-41-43-60(61)68-62-49-47-57(71(9-3)10-4)53-64(62)82-65-54-58(48-50-63(65)68)72(11-5)12-6/h41-44,47-50,53-54,59H,7-40,45-46,51-52,55-56H2,1-6H3,(H-,70,75,76,77)/p+1/t59-/m1/s1. The second kappa shape index (κ2) is 43.1. The van der Waals surface area contributed by atoms with Gasteiger partial charge in [0.1, 0.15) is 31.0 Å². The predicted molar refractivity (Wildman–Crippen MR) is 342 cm³/mol. The highest BCUT2D eigenvalue weighted by atomic mass is 31.2. The molecule has 1 heterocycles. The first-order valence-corrected chi connectivity index (χ1v) is 34.7. The molecule has 2 atom stereocenters. The zero-order valence-corrected chi connectivity index (χ0v) is 53.5. The summed E-state index contributed by atoms with van der Waals surface area (Å²) in [5, 5.41) is 4.76. The summed E-state index contributed by atoms with van der Waals surface area (Å²) in [5.74, 6) is -0.599. The van der Waals surface area contributed by atoms with Gasteiger partial charge in [-0.05, 0) is 70.4 Å². The third kappa shape index (κ3) is 28.0. The van der Waals surface area contributed by atoms with E-state index in [-0.39, 0.29) is 32.6 Å². The molecule has 1 aliphatic heterocycles. The van der Waals surface area contributed by atoms with Crippen LogP contribution < -0.4 is 20.1 Å². The van der Waals surface area contributed by atoms with Crippen LogP contribution in [0.2, 0.25) is 0 Å². The maximum Gasteiger partial charge on any atom is 0.472 e. The number of rotatable bonds is 49. The van der Waals surface area contributed by atoms with Crippen molar-refractivity contribution in [3.8, 4) is 22.5 Å². The molecule has 0 bridgehead atoms. The highest BCUT2D eigenvalue weighted by molar-refractivity contribution is 7.47. The number of benzene rings is 3. The highest BCUT2D eigenvalue weighted by Gasteiger charge is 2.27. The molecule has 2 aliphatic rings. The van der Waals surface area contributed by atoms with Gasteiger partial charge in [-0.2, -0.15) is 0 Å². The number of unbranched alkanes of at least 4 members (excludes halogenated alkanes) is 28. The monoisotopic (exact) mass is 1170 g/mol. The molecule has 0 spiro atoms. The van der Waals surface area contributed by atoms with Crippen LogP contribution in [0.15, 0.2) is 65.1 Å². The normalized spacial score (nSPS) is 12.6. The minimum atomic E-state index is -4.71. The third-order valence-electron chi connectivity index (χ3n) is 16.2. The molecule has 2 aromatic rings. The van der Waals surface area contributed by atoms with Crippen molar-refractivity contribution in [3.05, 3.63) is 71.6 Å². The number of phosphoric acid groups is 1. The summed E-state index contributed by atoms with van der Waals surface area (Å²) in [6, 6.07) is 19.8. The fourth-order valence-electron chi connectivity index (χ4n) is 11.2. The van der Waals surface area contributed by atoms with Gasteiger partial charge in [-0.1, -0.05) is 212 Å². The zero-order valence-electron chi connectivity index (χ0n) is 52.6. The number of nitrogens with zero attached hydrogens (tertiary/aromatic N) is 2. The van der Waals surface area contributed by atoms with Gasteiger partial charge in [0.25, 0.3) is 5.91 Å². The molecule has 1 aliphatic carbocycles. The van der Waals surface area contributed by atoms with Gasteiger partial charge >= 0.3 is 19.8 Å². The van der Waals surface area contributed by atoms with E-state index >= 15 is 0 Å². The molecule has 0 aromatic heterocycles. The molecule has 14 heteroatoms. The highest BCUT2D eigenvalue weighted by Crippen LogP contribution is 2.44. The first kappa shape index (κ1) is 70.9. The van der Waals surface area contributed by atoms with Crippen LogP contribution >= 0.6 is 7.82 Å². The average molecular weight is 1170 g/mol. The Labute approximate surface area is 501 Å². The number of fused-ring (bicyclic) bond motifs is 2. The van der Waals surface area contributed by atoms with Gasteiger partial charge in [0.15, 0.2) is 6.10 Å². The van der Waals surface area contributed by atoms with Crippen molar-refractivity contribution in [3.63, 3.8) is 0 Å². The van der Waals surface area contributed by atoms with Crippen molar-refractivity contribution in [2.45, 2.75) is 253 Å². The van der Waals surface area contributed by atoms with Crippen LogP contribution in [0.1, 0.15) is 257 Å². The maximum absolute atomic E-state index is 14.1. The first-order valence-electron chi connectivity index (χ1n) is 33.2. The number of esters is 2. The average Bonchev–Trinajstić information content (AvgIpc) is 3.62. The molecule has 4 rings (SSSR count). The third-order valence-corrected chi connectivity index (χ3v) is 17.1. The molecule has 0 saturated carbocycles. The molecule has 2 aromatic carbocycles. The minimum Gasteiger partial charge on any atom is -0.462 e. The van der Waals surface area contributed by atoms with Crippen LogP contribution in [0.25, 0.3) is 33.4 Å². The Hall–Kier alpha value is -4.55. The Morgan fingerprint density at radius 2 is 1.08 bits per heavy atom. The lowest BCUT2D eigenvalue weighted by Crippen LogP contribution is -2.30. The van der Waals surface area contributed by atoms with E-state index in [1.54, 1.807) is 12.1 Å². The van der Waals surface area contributed by atoms with Gasteiger partial charge in [0.2, 0.25) is 5.36 Å². The SMILES string of the molecule is CCCCCCCCCCCCCCCCCC(=O)OC[C@H](COP(=O)(O)OCCNC(=O)c1ccccc1-c1c2ccc(=[N+](CC)CC)cc-2oc2cc(N(CC)CC)ccc12)OC(=O)CCCCCCCCCCCCCCCCC. The van der Waals surface area contributed by atoms with E-state index in [0.717, 1.165) is 92.3 Å². The quantitative estimate of drug-likeness (QED) is 0.0143. The molecule has 2 N–H and O–H groups in total. The van der Waals surface area contributed by atoms with Crippen LogP contribution in [0, 0.1) is 0 Å². The molecule has 1 unspecified atom stereocenters. The van der Waals surface area contributed by atoms with E-state index in [4.69, 9.17) is 22.9 Å². The topological polar surface area (TPSA) is 157 Å². The molecule has 0 fully saturated rings. The van der Waals surface area contributed by atoms with Crippen LogP contribution in [0.5, 0.6) is 0 Å². The summed E-state index contributed by atoms with van der Waals surface area (Å²) in [7, 11) is -4.71. The number of anilines is 1. The Morgan fingerprint density at radius 1 is 0.578 bits per heavy atom. The van der Waals surface area contributed by atoms with Crippen molar-refractivity contribution in [2.75, 3.05) is 57.4 Å². The van der Waals surface area contributed by atoms with Crippen molar-refractivity contribution in [1.82, 2.24) is 9.89 Å². The molecule has 0 saturated heterocycles. The smallest absolute Gasteiger partial charge is 0.462 e. The fraction of sp³-hybridized carbons (Fsp3) is 0.681. The molecular weight excluding hydrogens is 1060 g/mol. The summed E-state index contributed by atoms with van der Waals surface area (Å²) >= 11 is 0. The lowest BCUT2D eigenvalue weighted by atomic mass is 9.90. The molecular formula is C69H111N3O10P+. The summed E-state index contributed by atoms with van der Waals surface area (Å²) in [6.45, 7) is 15.1. The largest absolute Gasteiger partial charge is 0.472 e. The van der Waals surface area contributed by atoms with E-state index < -0.39 is 38.4 Å². The van der Waals surface area contributed by atoms with Gasteiger partial charge in [0.05, 0.1) is 19.3 Å². The summed E-state index contributed by atoms with van der Waals surface area (Å²) in [5.41, 5.74) is 4.56. The van der Waals surface area contributed by atoms with Crippen LogP contribution in [-0.4, -0.2) is 81.4 Å². The molecule has 1 amide bonds. The van der Waals surface area contributed by atoms with Gasteiger partial charge in [0, 0.05) is 72.4 Å². The number of carbonyl (C=O) groups excluding carboxylic acids is 3. The number of hydrogen-bond acceptors (Lipinski definition) is 10. The summed E-state index contributed by atoms with van der Waals surface area (Å²) < 4.78 is 44.2. The van der Waals surface area contributed by atoms with Gasteiger partial charge < -0.3 is 29.0 Å². The number of amides is 1. The Kier molecular flexibility index (Phi) is 36.9. The van der Waals surface area contributed by atoms with Crippen molar-refractivity contribution in [1.29, 1.82) is 0 Å².